The Morgan fingerprint density at radius 3 is 1.60 bits per heavy atom. The monoisotopic (exact) mass is 538 g/mol. The van der Waals surface area contributed by atoms with Crippen molar-refractivity contribution in [1.82, 2.24) is 0 Å². The highest BCUT2D eigenvalue weighted by atomic mass is 16.6. The molecule has 2 bridgehead atoms. The van der Waals surface area contributed by atoms with Gasteiger partial charge in [-0.2, -0.15) is 0 Å². The molecule has 2 amide bonds. The summed E-state index contributed by atoms with van der Waals surface area (Å²) < 4.78 is 15.8. The smallest absolute Gasteiger partial charge is 0.297 e. The Balaban J connectivity index is 1.46. The summed E-state index contributed by atoms with van der Waals surface area (Å²) in [4.78, 5) is 40.0. The number of methoxy groups -OCH3 is 3. The van der Waals surface area contributed by atoms with E-state index in [2.05, 4.69) is 0 Å². The maximum Gasteiger partial charge on any atom is 0.297 e. The molecule has 3 aliphatic rings. The van der Waals surface area contributed by atoms with Crippen LogP contribution in [0, 0.1) is 33.8 Å². The lowest BCUT2D eigenvalue weighted by Crippen LogP contribution is -2.33. The minimum absolute atomic E-state index is 0.0364. The van der Waals surface area contributed by atoms with Gasteiger partial charge in [-0.25, -0.2) is 4.90 Å². The summed E-state index contributed by atoms with van der Waals surface area (Å²) in [5.41, 5.74) is 3.42. The highest BCUT2D eigenvalue weighted by molar-refractivity contribution is 6.24. The first kappa shape index (κ1) is 25.4. The highest BCUT2D eigenvalue weighted by Crippen LogP contribution is 2.59. The predicted octanol–water partition coefficient (Wildman–Crippen LogP) is 5.04. The number of anilines is 1. The van der Waals surface area contributed by atoms with E-state index in [4.69, 9.17) is 14.2 Å². The lowest BCUT2D eigenvalue weighted by molar-refractivity contribution is -0.384. The quantitative estimate of drug-likeness (QED) is 0.179. The Hall–Kier alpha value is -4.92. The summed E-state index contributed by atoms with van der Waals surface area (Å²) >= 11 is 0. The van der Waals surface area contributed by atoms with Gasteiger partial charge in [-0.05, 0) is 58.7 Å². The van der Waals surface area contributed by atoms with Crippen molar-refractivity contribution in [3.63, 3.8) is 0 Å². The van der Waals surface area contributed by atoms with Crippen molar-refractivity contribution in [2.24, 2.45) is 23.7 Å². The number of benzene rings is 3. The van der Waals surface area contributed by atoms with Crippen LogP contribution in [0.3, 0.4) is 0 Å². The van der Waals surface area contributed by atoms with Crippen molar-refractivity contribution in [2.75, 3.05) is 26.2 Å². The number of nitro benzene ring substituents is 1. The largest absolute Gasteiger partial charge is 0.497 e. The van der Waals surface area contributed by atoms with E-state index in [0.29, 0.717) is 11.5 Å². The zero-order valence-electron chi connectivity index (χ0n) is 22.1. The third kappa shape index (κ3) is 3.77. The van der Waals surface area contributed by atoms with E-state index in [0.717, 1.165) is 27.2 Å². The van der Waals surface area contributed by atoms with Gasteiger partial charge in [0.05, 0.1) is 44.2 Å². The Bertz CT molecular complexity index is 1510. The van der Waals surface area contributed by atoms with Crippen molar-refractivity contribution in [1.29, 1.82) is 0 Å². The van der Waals surface area contributed by atoms with Crippen LogP contribution < -0.4 is 19.1 Å². The van der Waals surface area contributed by atoms with E-state index in [1.54, 1.807) is 14.2 Å². The van der Waals surface area contributed by atoms with E-state index in [-0.39, 0.29) is 29.0 Å². The van der Waals surface area contributed by atoms with Crippen LogP contribution in [-0.4, -0.2) is 38.1 Å². The Kier molecular flexibility index (Phi) is 6.14. The molecule has 2 aliphatic carbocycles. The fraction of sp³-hybridized carbons (Fsp3) is 0.226. The summed E-state index contributed by atoms with van der Waals surface area (Å²) in [6.07, 6.45) is 3.98. The number of fused-ring (bicyclic) bond motifs is 5. The average molecular weight is 539 g/mol. The van der Waals surface area contributed by atoms with E-state index >= 15 is 0 Å². The van der Waals surface area contributed by atoms with Crippen molar-refractivity contribution >= 4 is 28.8 Å². The zero-order valence-corrected chi connectivity index (χ0v) is 22.1. The van der Waals surface area contributed by atoms with Gasteiger partial charge in [0, 0.05) is 11.8 Å². The number of ether oxygens (including phenoxy) is 3. The molecule has 40 heavy (non-hydrogen) atoms. The molecule has 3 aromatic carbocycles. The Labute approximate surface area is 230 Å². The van der Waals surface area contributed by atoms with Gasteiger partial charge >= 0.3 is 0 Å². The van der Waals surface area contributed by atoms with E-state index in [9.17, 15) is 19.7 Å². The molecule has 1 heterocycles. The number of rotatable bonds is 7. The topological polar surface area (TPSA) is 108 Å². The molecule has 0 unspecified atom stereocenters. The molecule has 4 atom stereocenters. The number of allylic oxidation sites excluding steroid dienone is 3. The minimum atomic E-state index is -0.647. The minimum Gasteiger partial charge on any atom is -0.497 e. The van der Waals surface area contributed by atoms with Crippen LogP contribution in [0.1, 0.15) is 11.1 Å². The zero-order chi connectivity index (χ0) is 28.1. The summed E-state index contributed by atoms with van der Waals surface area (Å²) in [7, 11) is 4.61. The Morgan fingerprint density at radius 1 is 0.725 bits per heavy atom. The molecular weight excluding hydrogens is 512 g/mol. The molecule has 1 saturated carbocycles. The predicted molar refractivity (Wildman–Crippen MR) is 147 cm³/mol. The van der Waals surface area contributed by atoms with Crippen LogP contribution in [0.2, 0.25) is 0 Å². The normalized spacial score (nSPS) is 22.5. The average Bonchev–Trinajstić information content (AvgIpc) is 3.62. The summed E-state index contributed by atoms with van der Waals surface area (Å²) in [5.74, 6) is -1.10. The summed E-state index contributed by atoms with van der Waals surface area (Å²) in [6, 6.07) is 19.5. The fourth-order valence-electron chi connectivity index (χ4n) is 6.31. The number of nitrogens with zero attached hydrogens (tertiary/aromatic N) is 2. The molecule has 9 heteroatoms. The number of carbonyl (C=O) groups excluding carboxylic acids is 2. The van der Waals surface area contributed by atoms with Gasteiger partial charge in [-0.1, -0.05) is 36.4 Å². The second-order valence-corrected chi connectivity index (χ2v) is 9.90. The van der Waals surface area contributed by atoms with Crippen LogP contribution in [-0.2, 0) is 9.59 Å². The molecule has 1 aliphatic heterocycles. The van der Waals surface area contributed by atoms with Gasteiger partial charge in [0.2, 0.25) is 11.8 Å². The second kappa shape index (κ2) is 9.68. The fourth-order valence-corrected chi connectivity index (χ4v) is 6.31. The van der Waals surface area contributed by atoms with Gasteiger partial charge in [0.15, 0.2) is 0 Å². The standard InChI is InChI=1S/C31H26N2O7/c1-38-19-8-4-17(5-9-19)26(18-6-10-20(39-2)11-7-18)27-22-13-14-23(27)29-28(22)30(34)32(31(29)35)24-15-12-21(40-3)16-25(24)33(36)37/h4-16,22-23,28-29H,1-3H3/t22-,23-,28+,29+/m1/s1. The molecule has 0 spiro atoms. The molecule has 2 fully saturated rings. The van der Waals surface area contributed by atoms with Crippen molar-refractivity contribution in [2.45, 2.75) is 0 Å². The SMILES string of the molecule is COc1ccc(C(=C2[C@H]3C=C[C@H]2[C@@H]2C(=O)N(c4ccc(OC)cc4[N+](=O)[O-])C(=O)[C@H]23)c2ccc(OC)cc2)cc1. The number of hydrogen-bond donors (Lipinski definition) is 0. The van der Waals surface area contributed by atoms with Crippen LogP contribution >= 0.6 is 0 Å². The van der Waals surface area contributed by atoms with Gasteiger partial charge in [-0.15, -0.1) is 0 Å². The first-order valence-electron chi connectivity index (χ1n) is 12.8. The molecule has 0 N–H and O–H groups in total. The Morgan fingerprint density at radius 2 is 1.18 bits per heavy atom. The highest BCUT2D eigenvalue weighted by Gasteiger charge is 2.63. The molecule has 6 rings (SSSR count). The van der Waals surface area contributed by atoms with Crippen LogP contribution in [0.25, 0.3) is 5.57 Å². The molecule has 1 saturated heterocycles. The van der Waals surface area contributed by atoms with Gasteiger partial charge in [0.1, 0.15) is 22.9 Å². The van der Waals surface area contributed by atoms with Crippen LogP contribution in [0.15, 0.2) is 84.5 Å². The number of carbonyl (C=O) groups is 2. The van der Waals surface area contributed by atoms with Crippen LogP contribution in [0.4, 0.5) is 11.4 Å². The third-order valence-corrected chi connectivity index (χ3v) is 8.08. The lowest BCUT2D eigenvalue weighted by atomic mass is 9.85. The first-order valence-corrected chi connectivity index (χ1v) is 12.8. The van der Waals surface area contributed by atoms with Crippen molar-refractivity contribution in [3.05, 3.63) is 106 Å². The van der Waals surface area contributed by atoms with Crippen LogP contribution in [0.5, 0.6) is 17.2 Å². The molecule has 9 nitrogen and oxygen atoms in total. The van der Waals surface area contributed by atoms with E-state index in [1.807, 2.05) is 60.7 Å². The maximum atomic E-state index is 13.9. The molecule has 0 radical (unpaired) electrons. The number of nitro groups is 1. The molecule has 3 aromatic rings. The van der Waals surface area contributed by atoms with Gasteiger partial charge < -0.3 is 14.2 Å². The number of hydrogen-bond acceptors (Lipinski definition) is 7. The van der Waals surface area contributed by atoms with E-state index < -0.39 is 28.6 Å². The molecular formula is C31H26N2O7. The van der Waals surface area contributed by atoms with Crippen molar-refractivity contribution in [3.8, 4) is 17.2 Å². The third-order valence-electron chi connectivity index (χ3n) is 8.08. The second-order valence-electron chi connectivity index (χ2n) is 9.90. The van der Waals surface area contributed by atoms with Crippen molar-refractivity contribution < 1.29 is 28.7 Å². The number of amides is 2. The molecule has 0 aromatic heterocycles. The van der Waals surface area contributed by atoms with E-state index in [1.165, 1.54) is 25.3 Å². The van der Waals surface area contributed by atoms with Gasteiger partial charge in [-0.3, -0.25) is 19.7 Å². The van der Waals surface area contributed by atoms with Gasteiger partial charge in [0.25, 0.3) is 5.69 Å². The summed E-state index contributed by atoms with van der Waals surface area (Å²) in [6.45, 7) is 0. The lowest BCUT2D eigenvalue weighted by Gasteiger charge is -2.22. The molecule has 202 valence electrons. The first-order chi connectivity index (χ1) is 19.4. The number of imide groups is 1. The maximum absolute atomic E-state index is 13.9. The summed E-state index contributed by atoms with van der Waals surface area (Å²) in [5, 5.41) is 11.9.